The summed E-state index contributed by atoms with van der Waals surface area (Å²) in [6, 6.07) is 4.76. The van der Waals surface area contributed by atoms with E-state index in [1.165, 1.54) is 12.5 Å². The van der Waals surface area contributed by atoms with Crippen molar-refractivity contribution < 1.29 is 9.59 Å². The molecule has 0 radical (unpaired) electrons. The highest BCUT2D eigenvalue weighted by atomic mass is 35.5. The number of anilines is 1. The van der Waals surface area contributed by atoms with Gasteiger partial charge in [-0.3, -0.25) is 9.59 Å². The highest BCUT2D eigenvalue weighted by Crippen LogP contribution is 2.18. The van der Waals surface area contributed by atoms with Gasteiger partial charge in [-0.2, -0.15) is 0 Å². The second kappa shape index (κ2) is 7.31. The molecule has 1 heterocycles. The van der Waals surface area contributed by atoms with Gasteiger partial charge in [-0.15, -0.1) is 0 Å². The zero-order valence-electron chi connectivity index (χ0n) is 11.9. The van der Waals surface area contributed by atoms with Gasteiger partial charge >= 0.3 is 0 Å². The van der Waals surface area contributed by atoms with Gasteiger partial charge in [0.25, 0.3) is 5.91 Å². The van der Waals surface area contributed by atoms with Gasteiger partial charge < -0.3 is 16.0 Å². The van der Waals surface area contributed by atoms with Crippen LogP contribution in [0, 0.1) is 0 Å². The lowest BCUT2D eigenvalue weighted by Gasteiger charge is -2.26. The number of hydrogen-bond donors (Lipinski definition) is 2. The van der Waals surface area contributed by atoms with E-state index in [2.05, 4.69) is 5.32 Å². The molecule has 0 atom stereocenters. The lowest BCUT2D eigenvalue weighted by molar-refractivity contribution is -0.131. The molecule has 0 spiro atoms. The average Bonchev–Trinajstić information content (AvgIpc) is 2.50. The van der Waals surface area contributed by atoms with Crippen molar-refractivity contribution in [2.45, 2.75) is 25.7 Å². The maximum absolute atomic E-state index is 12.0. The highest BCUT2D eigenvalue weighted by molar-refractivity contribution is 6.34. The zero-order valence-corrected chi connectivity index (χ0v) is 12.7. The van der Waals surface area contributed by atoms with Crippen LogP contribution in [0.15, 0.2) is 18.2 Å². The van der Waals surface area contributed by atoms with Crippen LogP contribution < -0.4 is 11.1 Å². The van der Waals surface area contributed by atoms with Gasteiger partial charge in [0.2, 0.25) is 5.91 Å². The molecule has 2 rings (SSSR count). The number of amides is 2. The topological polar surface area (TPSA) is 75.4 Å². The van der Waals surface area contributed by atoms with Crippen LogP contribution in [0.1, 0.15) is 36.0 Å². The number of piperidine rings is 1. The maximum Gasteiger partial charge on any atom is 0.252 e. The number of nitrogens with one attached hydrogen (secondary N) is 1. The quantitative estimate of drug-likeness (QED) is 0.836. The third kappa shape index (κ3) is 4.36. The molecular formula is C15H20ClN3O2. The number of nitrogens with zero attached hydrogens (tertiary/aromatic N) is 1. The number of carbonyl (C=O) groups is 2. The first-order valence-electron chi connectivity index (χ1n) is 7.19. The summed E-state index contributed by atoms with van der Waals surface area (Å²) >= 11 is 5.96. The number of rotatable bonds is 4. The van der Waals surface area contributed by atoms with Gasteiger partial charge in [-0.05, 0) is 37.5 Å². The van der Waals surface area contributed by atoms with Crippen molar-refractivity contribution in [1.82, 2.24) is 10.2 Å². The Labute approximate surface area is 129 Å². The lowest BCUT2D eigenvalue weighted by atomic mass is 10.1. The van der Waals surface area contributed by atoms with Crippen LogP contribution in [0.4, 0.5) is 5.69 Å². The SMILES string of the molecule is Nc1ccc(Cl)c(C(=O)NCCC(=O)N2CCCCC2)c1. The third-order valence-corrected chi connectivity index (χ3v) is 3.90. The first kappa shape index (κ1) is 15.6. The van der Waals surface area contributed by atoms with Gasteiger partial charge in [0, 0.05) is 31.7 Å². The van der Waals surface area contributed by atoms with E-state index in [0.717, 1.165) is 25.9 Å². The Hall–Kier alpha value is -1.75. The van der Waals surface area contributed by atoms with Gasteiger partial charge in [-0.25, -0.2) is 0 Å². The molecule has 3 N–H and O–H groups in total. The smallest absolute Gasteiger partial charge is 0.252 e. The molecule has 1 fully saturated rings. The van der Waals surface area contributed by atoms with Gasteiger partial charge in [-0.1, -0.05) is 11.6 Å². The molecule has 1 aromatic carbocycles. The van der Waals surface area contributed by atoms with E-state index in [9.17, 15) is 9.59 Å². The number of halogens is 1. The summed E-state index contributed by atoms with van der Waals surface area (Å²) in [5.74, 6) is -0.215. The minimum Gasteiger partial charge on any atom is -0.399 e. The molecule has 0 unspecified atom stereocenters. The maximum atomic E-state index is 12.0. The van der Waals surface area contributed by atoms with Crippen LogP contribution >= 0.6 is 11.6 Å². The van der Waals surface area contributed by atoms with E-state index in [0.29, 0.717) is 29.2 Å². The van der Waals surface area contributed by atoms with Crippen LogP contribution in [0.25, 0.3) is 0 Å². The Morgan fingerprint density at radius 1 is 1.24 bits per heavy atom. The molecular weight excluding hydrogens is 290 g/mol. The third-order valence-electron chi connectivity index (χ3n) is 3.57. The number of nitrogen functional groups attached to an aromatic ring is 1. The summed E-state index contributed by atoms with van der Waals surface area (Å²) in [7, 11) is 0. The molecule has 5 nitrogen and oxygen atoms in total. The Bertz CT molecular complexity index is 528. The summed E-state index contributed by atoms with van der Waals surface area (Å²) < 4.78 is 0. The molecule has 0 bridgehead atoms. The van der Waals surface area contributed by atoms with Crippen molar-refractivity contribution in [1.29, 1.82) is 0 Å². The van der Waals surface area contributed by atoms with Crippen molar-refractivity contribution in [2.75, 3.05) is 25.4 Å². The van der Waals surface area contributed by atoms with Gasteiger partial charge in [0.15, 0.2) is 0 Å². The van der Waals surface area contributed by atoms with Crippen molar-refractivity contribution in [3.8, 4) is 0 Å². The molecule has 2 amide bonds. The summed E-state index contributed by atoms with van der Waals surface area (Å²) in [6.45, 7) is 1.96. The minimum absolute atomic E-state index is 0.0914. The van der Waals surface area contributed by atoms with E-state index in [1.807, 2.05) is 4.90 Å². The molecule has 21 heavy (non-hydrogen) atoms. The lowest BCUT2D eigenvalue weighted by Crippen LogP contribution is -2.37. The second-order valence-corrected chi connectivity index (χ2v) is 5.59. The molecule has 6 heteroatoms. The van der Waals surface area contributed by atoms with Crippen LogP contribution in [-0.4, -0.2) is 36.3 Å². The van der Waals surface area contributed by atoms with Crippen LogP contribution in [0.5, 0.6) is 0 Å². The van der Waals surface area contributed by atoms with Crippen LogP contribution in [0.2, 0.25) is 5.02 Å². The Morgan fingerprint density at radius 2 is 1.95 bits per heavy atom. The first-order chi connectivity index (χ1) is 10.1. The Morgan fingerprint density at radius 3 is 2.67 bits per heavy atom. The zero-order chi connectivity index (χ0) is 15.2. The number of benzene rings is 1. The monoisotopic (exact) mass is 309 g/mol. The predicted molar refractivity (Wildman–Crippen MR) is 83.2 cm³/mol. The van der Waals surface area contributed by atoms with Crippen molar-refractivity contribution in [3.63, 3.8) is 0 Å². The largest absolute Gasteiger partial charge is 0.399 e. The number of nitrogens with two attached hydrogens (primary N) is 1. The van der Waals surface area contributed by atoms with Gasteiger partial charge in [0.1, 0.15) is 0 Å². The fraction of sp³-hybridized carbons (Fsp3) is 0.467. The molecule has 1 aliphatic heterocycles. The molecule has 114 valence electrons. The van der Waals surface area contributed by atoms with E-state index in [-0.39, 0.29) is 11.8 Å². The van der Waals surface area contributed by atoms with E-state index >= 15 is 0 Å². The van der Waals surface area contributed by atoms with Crippen molar-refractivity contribution in [2.24, 2.45) is 0 Å². The standard InChI is InChI=1S/C15H20ClN3O2/c16-13-5-4-11(17)10-12(13)15(21)18-7-6-14(20)19-8-2-1-3-9-19/h4-5,10H,1-3,6-9,17H2,(H,18,21). The molecule has 0 aliphatic carbocycles. The number of carbonyl (C=O) groups excluding carboxylic acids is 2. The predicted octanol–water partition coefficient (Wildman–Crippen LogP) is 2.05. The summed E-state index contributed by atoms with van der Waals surface area (Å²) in [5, 5.41) is 3.06. The number of hydrogen-bond acceptors (Lipinski definition) is 3. The van der Waals surface area contributed by atoms with Gasteiger partial charge in [0.05, 0.1) is 10.6 Å². The number of likely N-dealkylation sites (tertiary alicyclic amines) is 1. The van der Waals surface area contributed by atoms with E-state index in [4.69, 9.17) is 17.3 Å². The molecule has 1 aliphatic rings. The first-order valence-corrected chi connectivity index (χ1v) is 7.57. The molecule has 1 saturated heterocycles. The van der Waals surface area contributed by atoms with Crippen LogP contribution in [-0.2, 0) is 4.79 Å². The fourth-order valence-corrected chi connectivity index (χ4v) is 2.60. The summed E-state index contributed by atoms with van der Waals surface area (Å²) in [4.78, 5) is 25.8. The molecule has 0 saturated carbocycles. The Kier molecular flexibility index (Phi) is 5.44. The fourth-order valence-electron chi connectivity index (χ4n) is 2.40. The minimum atomic E-state index is -0.307. The van der Waals surface area contributed by atoms with E-state index in [1.54, 1.807) is 12.1 Å². The normalized spacial score (nSPS) is 14.8. The van der Waals surface area contributed by atoms with Crippen molar-refractivity contribution in [3.05, 3.63) is 28.8 Å². The van der Waals surface area contributed by atoms with E-state index < -0.39 is 0 Å². The van der Waals surface area contributed by atoms with Crippen LogP contribution in [0.3, 0.4) is 0 Å². The summed E-state index contributed by atoms with van der Waals surface area (Å²) in [5.41, 5.74) is 6.46. The van der Waals surface area contributed by atoms with Crippen molar-refractivity contribution >= 4 is 29.1 Å². The summed E-state index contributed by atoms with van der Waals surface area (Å²) in [6.07, 6.45) is 3.63. The second-order valence-electron chi connectivity index (χ2n) is 5.19. The highest BCUT2D eigenvalue weighted by Gasteiger charge is 2.16. The average molecular weight is 310 g/mol. The molecule has 1 aromatic rings. The molecule has 0 aromatic heterocycles. The Balaban J connectivity index is 1.81.